The molecule has 1 saturated heterocycles. The molecule has 1 fully saturated rings. The average molecular weight is 234 g/mol. The van der Waals surface area contributed by atoms with E-state index in [9.17, 15) is 0 Å². The third kappa shape index (κ3) is 1.84. The summed E-state index contributed by atoms with van der Waals surface area (Å²) in [5.41, 5.74) is 1.10. The molecule has 0 saturated carbocycles. The van der Waals surface area contributed by atoms with E-state index >= 15 is 0 Å². The Balaban J connectivity index is 1.81. The van der Waals surface area contributed by atoms with Crippen LogP contribution in [0.15, 0.2) is 24.3 Å². The van der Waals surface area contributed by atoms with Gasteiger partial charge in [0.2, 0.25) is 0 Å². The summed E-state index contributed by atoms with van der Waals surface area (Å²) in [6.07, 6.45) is 0. The molecule has 0 radical (unpaired) electrons. The molecule has 2 aromatic rings. The van der Waals surface area contributed by atoms with Crippen LogP contribution in [0.1, 0.15) is 18.0 Å². The van der Waals surface area contributed by atoms with Crippen molar-refractivity contribution in [2.75, 3.05) is 13.2 Å². The zero-order valence-corrected chi connectivity index (χ0v) is 9.96. The molecule has 0 spiro atoms. The van der Waals surface area contributed by atoms with Crippen LogP contribution in [0.2, 0.25) is 0 Å². The van der Waals surface area contributed by atoms with Gasteiger partial charge in [0.15, 0.2) is 0 Å². The summed E-state index contributed by atoms with van der Waals surface area (Å²) >= 11 is 1.77. The van der Waals surface area contributed by atoms with E-state index in [1.54, 1.807) is 11.3 Å². The van der Waals surface area contributed by atoms with Gasteiger partial charge in [-0.1, -0.05) is 12.1 Å². The van der Waals surface area contributed by atoms with Crippen LogP contribution in [0, 0.1) is 0 Å². The lowest BCUT2D eigenvalue weighted by atomic mass is 10.2. The number of hydrogen-bond donors (Lipinski definition) is 1. The molecule has 3 rings (SSSR count). The van der Waals surface area contributed by atoms with Gasteiger partial charge in [0.25, 0.3) is 0 Å². The van der Waals surface area contributed by atoms with Crippen LogP contribution in [0.5, 0.6) is 0 Å². The number of hydrogen-bond acceptors (Lipinski definition) is 4. The van der Waals surface area contributed by atoms with Crippen molar-refractivity contribution in [3.8, 4) is 0 Å². The molecule has 84 valence electrons. The topological polar surface area (TPSA) is 34.1 Å². The average Bonchev–Trinajstić information content (AvgIpc) is 2.66. The molecule has 3 nitrogen and oxygen atoms in total. The van der Waals surface area contributed by atoms with Gasteiger partial charge >= 0.3 is 0 Å². The summed E-state index contributed by atoms with van der Waals surface area (Å²) in [5.74, 6) is 0. The number of nitrogens with one attached hydrogen (secondary N) is 1. The first-order chi connectivity index (χ1) is 7.83. The monoisotopic (exact) mass is 234 g/mol. The number of fused-ring (bicyclic) bond motifs is 1. The maximum Gasteiger partial charge on any atom is 0.111 e. The standard InChI is InChI=1S/C12H14N2OS/c1-8(13-9-6-15-7-9)12-14-10-4-2-3-5-11(10)16-12/h2-5,8-9,13H,6-7H2,1H3. The van der Waals surface area contributed by atoms with Gasteiger partial charge in [-0.15, -0.1) is 11.3 Å². The Labute approximate surface area is 98.5 Å². The largest absolute Gasteiger partial charge is 0.378 e. The van der Waals surface area contributed by atoms with Crippen molar-refractivity contribution in [3.63, 3.8) is 0 Å². The fourth-order valence-electron chi connectivity index (χ4n) is 1.83. The summed E-state index contributed by atoms with van der Waals surface area (Å²) in [4.78, 5) is 4.64. The van der Waals surface area contributed by atoms with Crippen molar-refractivity contribution in [3.05, 3.63) is 29.3 Å². The minimum Gasteiger partial charge on any atom is -0.378 e. The molecule has 1 atom stereocenters. The van der Waals surface area contributed by atoms with Crippen molar-refractivity contribution in [1.29, 1.82) is 0 Å². The second-order valence-corrected chi connectivity index (χ2v) is 5.20. The molecular formula is C12H14N2OS. The Bertz CT molecular complexity index is 459. The third-order valence-electron chi connectivity index (χ3n) is 2.80. The summed E-state index contributed by atoms with van der Waals surface area (Å²) in [7, 11) is 0. The highest BCUT2D eigenvalue weighted by molar-refractivity contribution is 7.18. The lowest BCUT2D eigenvalue weighted by Crippen LogP contribution is -2.46. The maximum atomic E-state index is 5.15. The molecule has 1 aromatic carbocycles. The number of nitrogens with zero attached hydrogens (tertiary/aromatic N) is 1. The molecule has 1 aromatic heterocycles. The third-order valence-corrected chi connectivity index (χ3v) is 4.02. The first kappa shape index (κ1) is 10.2. The minimum absolute atomic E-state index is 0.311. The van der Waals surface area contributed by atoms with Gasteiger partial charge in [-0.05, 0) is 19.1 Å². The second-order valence-electron chi connectivity index (χ2n) is 4.14. The van der Waals surface area contributed by atoms with E-state index in [-0.39, 0.29) is 0 Å². The van der Waals surface area contributed by atoms with Crippen LogP contribution in [0.25, 0.3) is 10.2 Å². The molecule has 1 aliphatic heterocycles. The highest BCUT2D eigenvalue weighted by Gasteiger charge is 2.22. The molecule has 1 unspecified atom stereocenters. The Morgan fingerprint density at radius 3 is 2.94 bits per heavy atom. The van der Waals surface area contributed by atoms with Crippen molar-refractivity contribution in [1.82, 2.24) is 10.3 Å². The number of benzene rings is 1. The van der Waals surface area contributed by atoms with E-state index in [0.717, 1.165) is 23.7 Å². The Kier molecular flexibility index (Phi) is 2.63. The molecule has 4 heteroatoms. The Morgan fingerprint density at radius 1 is 1.44 bits per heavy atom. The van der Waals surface area contributed by atoms with Crippen LogP contribution in [-0.4, -0.2) is 24.2 Å². The summed E-state index contributed by atoms with van der Waals surface area (Å²) in [5, 5.41) is 4.68. The van der Waals surface area contributed by atoms with E-state index in [0.29, 0.717) is 12.1 Å². The van der Waals surface area contributed by atoms with Crippen LogP contribution >= 0.6 is 11.3 Å². The van der Waals surface area contributed by atoms with Crippen molar-refractivity contribution in [2.24, 2.45) is 0 Å². The summed E-state index contributed by atoms with van der Waals surface area (Å²) < 4.78 is 6.41. The molecule has 0 bridgehead atoms. The highest BCUT2D eigenvalue weighted by Crippen LogP contribution is 2.26. The predicted octanol–water partition coefficient (Wildman–Crippen LogP) is 2.35. The highest BCUT2D eigenvalue weighted by atomic mass is 32.1. The van der Waals surface area contributed by atoms with Gasteiger partial charge in [0.1, 0.15) is 5.01 Å². The lowest BCUT2D eigenvalue weighted by Gasteiger charge is -2.29. The second kappa shape index (κ2) is 4.13. The molecule has 2 heterocycles. The maximum absolute atomic E-state index is 5.15. The van der Waals surface area contributed by atoms with Gasteiger partial charge in [-0.3, -0.25) is 0 Å². The molecule has 16 heavy (non-hydrogen) atoms. The zero-order chi connectivity index (χ0) is 11.0. The lowest BCUT2D eigenvalue weighted by molar-refractivity contribution is -0.00925. The van der Waals surface area contributed by atoms with Gasteiger partial charge < -0.3 is 10.1 Å². The molecule has 0 amide bonds. The van der Waals surface area contributed by atoms with E-state index in [2.05, 4.69) is 35.4 Å². The van der Waals surface area contributed by atoms with Crippen molar-refractivity contribution >= 4 is 21.6 Å². The Hall–Kier alpha value is -0.970. The Morgan fingerprint density at radius 2 is 2.25 bits per heavy atom. The van der Waals surface area contributed by atoms with E-state index in [1.165, 1.54) is 4.70 Å². The minimum atomic E-state index is 0.311. The molecule has 1 N–H and O–H groups in total. The first-order valence-electron chi connectivity index (χ1n) is 5.52. The van der Waals surface area contributed by atoms with Crippen LogP contribution in [0.3, 0.4) is 0 Å². The summed E-state index contributed by atoms with van der Waals surface area (Å²) in [6, 6.07) is 9.09. The normalized spacial score (nSPS) is 18.6. The van der Waals surface area contributed by atoms with Gasteiger partial charge in [0.05, 0.1) is 35.5 Å². The molecule has 0 aliphatic carbocycles. The number of ether oxygens (including phenoxy) is 1. The van der Waals surface area contributed by atoms with Crippen LogP contribution < -0.4 is 5.32 Å². The van der Waals surface area contributed by atoms with E-state index in [4.69, 9.17) is 4.74 Å². The molecule has 1 aliphatic rings. The number of aromatic nitrogens is 1. The number of rotatable bonds is 3. The smallest absolute Gasteiger partial charge is 0.111 e. The zero-order valence-electron chi connectivity index (χ0n) is 9.14. The van der Waals surface area contributed by atoms with Gasteiger partial charge in [-0.2, -0.15) is 0 Å². The van der Waals surface area contributed by atoms with Crippen molar-refractivity contribution < 1.29 is 4.74 Å². The quantitative estimate of drug-likeness (QED) is 0.885. The fourth-order valence-corrected chi connectivity index (χ4v) is 2.81. The van der Waals surface area contributed by atoms with Crippen LogP contribution in [-0.2, 0) is 4.74 Å². The number of para-hydroxylation sites is 1. The first-order valence-corrected chi connectivity index (χ1v) is 6.34. The van der Waals surface area contributed by atoms with Crippen LogP contribution in [0.4, 0.5) is 0 Å². The van der Waals surface area contributed by atoms with E-state index < -0.39 is 0 Å². The number of thiazole rings is 1. The summed E-state index contributed by atoms with van der Waals surface area (Å²) in [6.45, 7) is 3.82. The van der Waals surface area contributed by atoms with E-state index in [1.807, 2.05) is 6.07 Å². The van der Waals surface area contributed by atoms with Crippen molar-refractivity contribution in [2.45, 2.75) is 19.0 Å². The molecular weight excluding hydrogens is 220 g/mol. The van der Waals surface area contributed by atoms with Gasteiger partial charge in [0, 0.05) is 0 Å². The predicted molar refractivity (Wildman–Crippen MR) is 65.8 cm³/mol. The van der Waals surface area contributed by atoms with Gasteiger partial charge in [-0.25, -0.2) is 4.98 Å². The SMILES string of the molecule is CC(NC1COC1)c1nc2ccccc2s1. The fraction of sp³-hybridized carbons (Fsp3) is 0.417.